The Labute approximate surface area is 231 Å². The maximum atomic E-state index is 12.9. The van der Waals surface area contributed by atoms with Gasteiger partial charge in [0.05, 0.1) is 6.61 Å². The van der Waals surface area contributed by atoms with Crippen LogP contribution in [0.2, 0.25) is 25.7 Å². The van der Waals surface area contributed by atoms with Gasteiger partial charge in [-0.1, -0.05) is 35.6 Å². The van der Waals surface area contributed by atoms with E-state index in [9.17, 15) is 24.6 Å². The minimum atomic E-state index is -1.44. The third kappa shape index (κ3) is 19.6. The molecule has 0 spiro atoms. The lowest BCUT2D eigenvalue weighted by atomic mass is 10.1. The molecule has 0 unspecified atom stereocenters. The van der Waals surface area contributed by atoms with Gasteiger partial charge in [0.15, 0.2) is 0 Å². The molecule has 0 aromatic heterocycles. The van der Waals surface area contributed by atoms with E-state index in [1.807, 2.05) is 0 Å². The van der Waals surface area contributed by atoms with E-state index in [2.05, 4.69) is 46.2 Å². The third-order valence-electron chi connectivity index (χ3n) is 4.82. The second-order valence-electron chi connectivity index (χ2n) is 12.3. The average Bonchev–Trinajstić information content (AvgIpc) is 2.69. The highest BCUT2D eigenvalue weighted by Crippen LogP contribution is 2.15. The zero-order chi connectivity index (χ0) is 29.0. The van der Waals surface area contributed by atoms with Crippen LogP contribution >= 0.6 is 15.9 Å². The summed E-state index contributed by atoms with van der Waals surface area (Å²) in [5.74, 6) is -1.52. The molecule has 4 atom stereocenters. The van der Waals surface area contributed by atoms with Crippen LogP contribution in [0, 0.1) is 0 Å². The molecule has 0 rings (SSSR count). The van der Waals surface area contributed by atoms with Crippen molar-refractivity contribution in [1.29, 1.82) is 0 Å². The smallest absolute Gasteiger partial charge is 0.323 e. The predicted octanol–water partition coefficient (Wildman–Crippen LogP) is 3.06. The maximum Gasteiger partial charge on any atom is 0.323 e. The maximum absolute atomic E-state index is 12.9. The number of nitrogens with one attached hydrogen (secondary N) is 2. The molecule has 0 heterocycles. The number of hydrogen-bond donors (Lipinski definition) is 4. The zero-order valence-corrected chi connectivity index (χ0v) is 26.6. The molecule has 0 aromatic rings. The summed E-state index contributed by atoms with van der Waals surface area (Å²) < 4.78 is 16.1. The second kappa shape index (κ2) is 16.1. The minimum absolute atomic E-state index is 0.0219. The molecule has 12 heteroatoms. The van der Waals surface area contributed by atoms with Gasteiger partial charge in [-0.2, -0.15) is 0 Å². The first kappa shape index (κ1) is 35.9. The molecule has 0 aliphatic heterocycles. The molecule has 10 nitrogen and oxygen atoms in total. The molecular formula is C25H49BrN2O8Si. The number of aliphatic hydroxyl groups is 2. The lowest BCUT2D eigenvalue weighted by molar-refractivity contribution is -0.157. The first-order chi connectivity index (χ1) is 16.7. The van der Waals surface area contributed by atoms with E-state index in [-0.39, 0.29) is 37.6 Å². The van der Waals surface area contributed by atoms with E-state index in [4.69, 9.17) is 14.2 Å². The van der Waals surface area contributed by atoms with Crippen molar-refractivity contribution in [3.63, 3.8) is 0 Å². The standard InChI is InChI=1S/C25H49BrN2O8Si/c1-24(2,3)35-20(30)12-10-17(27-19(29)16-26)22(32)28-18(11-13-21(31)36-25(4,5)6)23(33)34-14-15-37(7,8)9/h17-19,22,27-29,32H,10-16H2,1-9H3/t17-,18-,19-,22+/m0/s1. The molecule has 0 saturated heterocycles. The van der Waals surface area contributed by atoms with Crippen LogP contribution in [0.4, 0.5) is 0 Å². The Morgan fingerprint density at radius 2 is 1.35 bits per heavy atom. The van der Waals surface area contributed by atoms with Gasteiger partial charge in [0, 0.05) is 32.3 Å². The van der Waals surface area contributed by atoms with Crippen LogP contribution in [0.5, 0.6) is 0 Å². The van der Waals surface area contributed by atoms with Crippen molar-refractivity contribution in [3.8, 4) is 0 Å². The van der Waals surface area contributed by atoms with Crippen molar-refractivity contribution < 1.29 is 38.8 Å². The second-order valence-corrected chi connectivity index (χ2v) is 18.6. The van der Waals surface area contributed by atoms with Crippen LogP contribution < -0.4 is 10.6 Å². The summed E-state index contributed by atoms with van der Waals surface area (Å²) in [4.78, 5) is 37.4. The van der Waals surface area contributed by atoms with Crippen LogP contribution in [-0.4, -0.2) is 83.9 Å². The number of halogens is 1. The molecule has 218 valence electrons. The molecule has 0 amide bonds. The number of carbonyl (C=O) groups excluding carboxylic acids is 3. The lowest BCUT2D eigenvalue weighted by Gasteiger charge is -2.30. The van der Waals surface area contributed by atoms with Crippen LogP contribution in [0.25, 0.3) is 0 Å². The third-order valence-corrected chi connectivity index (χ3v) is 7.14. The molecule has 37 heavy (non-hydrogen) atoms. The Morgan fingerprint density at radius 3 is 1.78 bits per heavy atom. The average molecular weight is 614 g/mol. The van der Waals surface area contributed by atoms with Gasteiger partial charge in [-0.25, -0.2) is 0 Å². The largest absolute Gasteiger partial charge is 0.465 e. The van der Waals surface area contributed by atoms with E-state index in [1.165, 1.54) is 0 Å². The van der Waals surface area contributed by atoms with Gasteiger partial charge in [-0.05, 0) is 60.4 Å². The summed E-state index contributed by atoms with van der Waals surface area (Å²) in [6.45, 7) is 17.3. The predicted molar refractivity (Wildman–Crippen MR) is 149 cm³/mol. The first-order valence-corrected chi connectivity index (χ1v) is 17.6. The molecule has 0 bridgehead atoms. The number of carbonyl (C=O) groups is 3. The number of ether oxygens (including phenoxy) is 3. The molecule has 0 aliphatic carbocycles. The molecule has 0 radical (unpaired) electrons. The van der Waals surface area contributed by atoms with E-state index in [0.29, 0.717) is 0 Å². The van der Waals surface area contributed by atoms with Gasteiger partial charge < -0.3 is 24.4 Å². The van der Waals surface area contributed by atoms with E-state index < -0.39 is 61.7 Å². The van der Waals surface area contributed by atoms with Crippen LogP contribution in [-0.2, 0) is 28.6 Å². The summed E-state index contributed by atoms with van der Waals surface area (Å²) in [6, 6.07) is -1.03. The molecular weight excluding hydrogens is 564 g/mol. The summed E-state index contributed by atoms with van der Waals surface area (Å²) in [5, 5.41) is 26.9. The zero-order valence-electron chi connectivity index (χ0n) is 24.0. The number of esters is 3. The van der Waals surface area contributed by atoms with Crippen molar-refractivity contribution in [2.45, 2.75) is 129 Å². The Bertz CT molecular complexity index is 719. The fourth-order valence-electron chi connectivity index (χ4n) is 3.09. The van der Waals surface area contributed by atoms with E-state index >= 15 is 0 Å². The van der Waals surface area contributed by atoms with Crippen molar-refractivity contribution in [1.82, 2.24) is 10.6 Å². The van der Waals surface area contributed by atoms with E-state index in [0.717, 1.165) is 6.04 Å². The van der Waals surface area contributed by atoms with Crippen LogP contribution in [0.3, 0.4) is 0 Å². The highest BCUT2D eigenvalue weighted by Gasteiger charge is 2.30. The fraction of sp³-hybridized carbons (Fsp3) is 0.880. The monoisotopic (exact) mass is 612 g/mol. The topological polar surface area (TPSA) is 143 Å². The van der Waals surface area contributed by atoms with Crippen LogP contribution in [0.1, 0.15) is 67.2 Å². The summed E-state index contributed by atoms with van der Waals surface area (Å²) >= 11 is 3.17. The molecule has 0 fully saturated rings. The summed E-state index contributed by atoms with van der Waals surface area (Å²) in [5.41, 5.74) is -1.32. The number of aliphatic hydroxyl groups excluding tert-OH is 2. The lowest BCUT2D eigenvalue weighted by Crippen LogP contribution is -2.56. The van der Waals surface area contributed by atoms with Gasteiger partial charge in [-0.15, -0.1) is 0 Å². The number of rotatable bonds is 16. The Kier molecular flexibility index (Phi) is 15.7. The molecule has 0 aliphatic rings. The quantitative estimate of drug-likeness (QED) is 0.0674. The van der Waals surface area contributed by atoms with Crippen molar-refractivity contribution in [2.75, 3.05) is 11.9 Å². The van der Waals surface area contributed by atoms with Crippen LogP contribution in [0.15, 0.2) is 0 Å². The van der Waals surface area contributed by atoms with Gasteiger partial charge in [0.1, 0.15) is 29.7 Å². The summed E-state index contributed by atoms with van der Waals surface area (Å²) in [6.07, 6.45) is -2.28. The molecule has 0 saturated carbocycles. The van der Waals surface area contributed by atoms with Gasteiger partial charge in [0.2, 0.25) is 0 Å². The minimum Gasteiger partial charge on any atom is -0.465 e. The Hall–Kier alpha value is -1.05. The Morgan fingerprint density at radius 1 is 0.865 bits per heavy atom. The highest BCUT2D eigenvalue weighted by molar-refractivity contribution is 9.09. The number of hydrogen-bond acceptors (Lipinski definition) is 10. The van der Waals surface area contributed by atoms with Crippen molar-refractivity contribution >= 4 is 41.9 Å². The van der Waals surface area contributed by atoms with Crippen molar-refractivity contribution in [3.05, 3.63) is 0 Å². The SMILES string of the molecule is CC(C)(C)OC(=O)CC[C@H](N[C@H](O)[C@H](CCC(=O)OC(C)(C)C)N[C@@H](O)CBr)C(=O)OCC[Si](C)(C)C. The summed E-state index contributed by atoms with van der Waals surface area (Å²) in [7, 11) is -1.44. The van der Waals surface area contributed by atoms with Gasteiger partial charge in [0.25, 0.3) is 0 Å². The fourth-order valence-corrected chi connectivity index (χ4v) is 4.00. The van der Waals surface area contributed by atoms with Gasteiger partial charge >= 0.3 is 17.9 Å². The normalized spacial score (nSPS) is 15.9. The highest BCUT2D eigenvalue weighted by atomic mass is 79.9. The van der Waals surface area contributed by atoms with Crippen molar-refractivity contribution in [2.24, 2.45) is 0 Å². The van der Waals surface area contributed by atoms with Gasteiger partial charge in [-0.3, -0.25) is 25.0 Å². The molecule has 0 aromatic carbocycles. The van der Waals surface area contributed by atoms with E-state index in [1.54, 1.807) is 41.5 Å². The number of alkyl halides is 1. The molecule has 4 N–H and O–H groups in total. The Balaban J connectivity index is 5.47. The first-order valence-electron chi connectivity index (χ1n) is 12.8.